The van der Waals surface area contributed by atoms with E-state index in [1.54, 1.807) is 62.4 Å². The van der Waals surface area contributed by atoms with E-state index in [-0.39, 0.29) is 46.8 Å². The van der Waals surface area contributed by atoms with Crippen molar-refractivity contribution in [3.05, 3.63) is 158 Å². The van der Waals surface area contributed by atoms with Crippen LogP contribution >= 0.6 is 0 Å². The van der Waals surface area contributed by atoms with Gasteiger partial charge in [0.1, 0.15) is 11.5 Å². The summed E-state index contributed by atoms with van der Waals surface area (Å²) in [6.07, 6.45) is 0. The van der Waals surface area contributed by atoms with Crippen LogP contribution in [0.2, 0.25) is 0 Å². The molecule has 16 nitrogen and oxygen atoms in total. The van der Waals surface area contributed by atoms with Gasteiger partial charge >= 0.3 is 11.9 Å². The smallest absolute Gasteiger partial charge is 0.338 e. The Kier molecular flexibility index (Phi) is 12.2. The van der Waals surface area contributed by atoms with Gasteiger partial charge in [-0.05, 0) is 80.6 Å². The van der Waals surface area contributed by atoms with Crippen molar-refractivity contribution in [3.8, 4) is 11.5 Å². The first-order valence-corrected chi connectivity index (χ1v) is 18.4. The molecule has 0 saturated carbocycles. The van der Waals surface area contributed by atoms with Crippen molar-refractivity contribution >= 4 is 81.8 Å². The summed E-state index contributed by atoms with van der Waals surface area (Å²) in [7, 11) is 0. The van der Waals surface area contributed by atoms with Crippen molar-refractivity contribution in [1.29, 1.82) is 0 Å². The quantitative estimate of drug-likeness (QED) is 0.0306. The number of nitrogens with one attached hydrogen (secondary N) is 6. The average Bonchev–Trinajstić information content (AvgIpc) is 3.22. The van der Waals surface area contributed by atoms with Gasteiger partial charge in [-0.25, -0.2) is 9.59 Å². The molecule has 0 bridgehead atoms. The second-order valence-corrected chi connectivity index (χ2v) is 13.1. The molecular weight excluding hydrogens is 761 g/mol. The number of hydrogen-bond acceptors (Lipinski definition) is 16. The highest BCUT2D eigenvalue weighted by Crippen LogP contribution is 2.27. The highest BCUT2D eigenvalue weighted by atomic mass is 16.5. The van der Waals surface area contributed by atoms with Crippen molar-refractivity contribution in [2.45, 2.75) is 13.8 Å². The Balaban J connectivity index is 1.14. The molecule has 60 heavy (non-hydrogen) atoms. The Labute approximate surface area is 344 Å². The Morgan fingerprint density at radius 3 is 0.967 bits per heavy atom. The third kappa shape index (κ3) is 11.2. The molecular formula is C44H38N12O4. The number of para-hydroxylation sites is 2. The van der Waals surface area contributed by atoms with Gasteiger partial charge in [-0.2, -0.15) is 29.9 Å². The minimum absolute atomic E-state index is 0.215. The van der Waals surface area contributed by atoms with Gasteiger partial charge in [-0.1, -0.05) is 67.8 Å². The number of rotatable bonds is 16. The summed E-state index contributed by atoms with van der Waals surface area (Å²) in [5, 5.41) is 19.3. The van der Waals surface area contributed by atoms with Gasteiger partial charge in [0.25, 0.3) is 0 Å². The van der Waals surface area contributed by atoms with Crippen molar-refractivity contribution in [3.63, 3.8) is 0 Å². The number of esters is 2. The Bertz CT molecular complexity index is 2500. The van der Waals surface area contributed by atoms with E-state index in [0.717, 1.165) is 11.4 Å². The van der Waals surface area contributed by atoms with Crippen molar-refractivity contribution in [2.75, 3.05) is 31.9 Å². The van der Waals surface area contributed by atoms with Crippen LogP contribution in [0.3, 0.4) is 0 Å². The zero-order valence-electron chi connectivity index (χ0n) is 32.4. The number of anilines is 12. The third-order valence-electron chi connectivity index (χ3n) is 8.00. The van der Waals surface area contributed by atoms with E-state index in [1.807, 2.05) is 84.9 Å². The maximum atomic E-state index is 12.1. The highest BCUT2D eigenvalue weighted by molar-refractivity contribution is 5.89. The molecule has 6 N–H and O–H groups in total. The molecule has 2 aromatic heterocycles. The molecule has 0 aliphatic heterocycles. The second kappa shape index (κ2) is 18.5. The number of carbonyl (C=O) groups is 2. The lowest BCUT2D eigenvalue weighted by molar-refractivity contribution is -0.130. The van der Waals surface area contributed by atoms with Gasteiger partial charge in [0.05, 0.1) is 0 Å². The first-order chi connectivity index (χ1) is 29.1. The van der Waals surface area contributed by atoms with Crippen LogP contribution in [0.15, 0.2) is 158 Å². The molecule has 2 heterocycles. The van der Waals surface area contributed by atoms with Crippen LogP contribution in [0.4, 0.5) is 69.8 Å². The van der Waals surface area contributed by atoms with Gasteiger partial charge in [0.2, 0.25) is 35.7 Å². The monoisotopic (exact) mass is 798 g/mol. The van der Waals surface area contributed by atoms with Gasteiger partial charge in [0.15, 0.2) is 0 Å². The fraction of sp³-hybridized carbons (Fsp3) is 0.0455. The fourth-order valence-electron chi connectivity index (χ4n) is 5.24. The van der Waals surface area contributed by atoms with Crippen molar-refractivity contribution in [1.82, 2.24) is 29.9 Å². The van der Waals surface area contributed by atoms with E-state index < -0.39 is 11.9 Å². The maximum absolute atomic E-state index is 12.1. The average molecular weight is 799 g/mol. The van der Waals surface area contributed by atoms with Gasteiger partial charge < -0.3 is 41.4 Å². The minimum Gasteiger partial charge on any atom is -0.423 e. The lowest BCUT2D eigenvalue weighted by atomic mass is 10.3. The first kappa shape index (κ1) is 39.6. The predicted octanol–water partition coefficient (Wildman–Crippen LogP) is 9.48. The van der Waals surface area contributed by atoms with Crippen molar-refractivity contribution < 1.29 is 19.1 Å². The molecule has 0 atom stereocenters. The molecule has 0 spiro atoms. The predicted molar refractivity (Wildman–Crippen MR) is 232 cm³/mol. The van der Waals surface area contributed by atoms with E-state index >= 15 is 0 Å². The summed E-state index contributed by atoms with van der Waals surface area (Å²) in [4.78, 5) is 51.9. The number of nitrogens with zero attached hydrogens (tertiary/aromatic N) is 6. The van der Waals surface area contributed by atoms with Gasteiger partial charge in [0, 0.05) is 57.4 Å². The van der Waals surface area contributed by atoms with Crippen LogP contribution in [-0.4, -0.2) is 41.8 Å². The zero-order chi connectivity index (χ0) is 41.8. The van der Waals surface area contributed by atoms with Crippen LogP contribution in [0.5, 0.6) is 11.5 Å². The number of carbonyl (C=O) groups excluding carboxylic acids is 2. The molecule has 0 amide bonds. The molecule has 0 aliphatic rings. The first-order valence-electron chi connectivity index (χ1n) is 18.4. The van der Waals surface area contributed by atoms with E-state index in [1.165, 1.54) is 0 Å². The molecule has 0 fully saturated rings. The summed E-state index contributed by atoms with van der Waals surface area (Å²) >= 11 is 0. The topological polar surface area (TPSA) is 202 Å². The molecule has 0 unspecified atom stereocenters. The molecule has 16 heteroatoms. The van der Waals surface area contributed by atoms with Crippen LogP contribution < -0.4 is 41.4 Å². The van der Waals surface area contributed by atoms with E-state index in [9.17, 15) is 9.59 Å². The Morgan fingerprint density at radius 2 is 0.650 bits per heavy atom. The Hall–Kier alpha value is -8.66. The van der Waals surface area contributed by atoms with E-state index in [0.29, 0.717) is 34.2 Å². The van der Waals surface area contributed by atoms with Crippen LogP contribution in [0.1, 0.15) is 13.8 Å². The fourth-order valence-corrected chi connectivity index (χ4v) is 5.24. The lowest BCUT2D eigenvalue weighted by Gasteiger charge is -2.14. The molecule has 0 radical (unpaired) electrons. The highest BCUT2D eigenvalue weighted by Gasteiger charge is 2.13. The molecule has 7 rings (SSSR count). The standard InChI is InChI=1S/C44H38N12O4/c1-27(2)37(57)59-35-22-12-20-33(25-35)49-43-53-39(45-29-14-7-5-8-15-29)51-41(55-43)47-31-18-11-19-32(24-31)48-42-52-40(46-30-16-9-6-10-17-30)54-44(56-42)50-34-21-13-23-36(26-34)60-38(58)28(3)4/h5-26H,1,3H2,2,4H3,(H3,45,47,49,51,53,55)(H3,46,48,50,52,54,56). The summed E-state index contributed by atoms with van der Waals surface area (Å²) in [6, 6.07) is 40.0. The minimum atomic E-state index is -0.534. The number of benzene rings is 5. The van der Waals surface area contributed by atoms with Gasteiger partial charge in [-0.3, -0.25) is 0 Å². The SMILES string of the molecule is C=C(C)C(=O)Oc1cccc(Nc2nc(Nc3ccccc3)nc(Nc3cccc(Nc4nc(Nc5ccccc5)nc(Nc5cccc(OC(=O)C(=C)C)c5)n4)c3)n2)c1. The van der Waals surface area contributed by atoms with Crippen LogP contribution in [-0.2, 0) is 9.59 Å². The van der Waals surface area contributed by atoms with Gasteiger partial charge in [-0.15, -0.1) is 0 Å². The van der Waals surface area contributed by atoms with E-state index in [4.69, 9.17) is 9.47 Å². The summed E-state index contributed by atoms with van der Waals surface area (Å²) in [6.45, 7) is 10.4. The number of aromatic nitrogens is 6. The zero-order valence-corrected chi connectivity index (χ0v) is 32.4. The number of hydrogen-bond donors (Lipinski definition) is 6. The molecule has 298 valence electrons. The summed E-state index contributed by atoms with van der Waals surface area (Å²) in [5.41, 5.74) is 4.50. The van der Waals surface area contributed by atoms with Crippen LogP contribution in [0, 0.1) is 0 Å². The third-order valence-corrected chi connectivity index (χ3v) is 8.00. The molecule has 0 saturated heterocycles. The maximum Gasteiger partial charge on any atom is 0.338 e. The Morgan fingerprint density at radius 1 is 0.383 bits per heavy atom. The largest absolute Gasteiger partial charge is 0.423 e. The lowest BCUT2D eigenvalue weighted by Crippen LogP contribution is -2.09. The normalized spacial score (nSPS) is 10.4. The molecule has 0 aliphatic carbocycles. The van der Waals surface area contributed by atoms with Crippen molar-refractivity contribution in [2.24, 2.45) is 0 Å². The molecule has 7 aromatic rings. The van der Waals surface area contributed by atoms with Crippen LogP contribution in [0.25, 0.3) is 0 Å². The second-order valence-electron chi connectivity index (χ2n) is 13.1. The summed E-state index contributed by atoms with van der Waals surface area (Å²) < 4.78 is 10.8. The summed E-state index contributed by atoms with van der Waals surface area (Å²) in [5.74, 6) is 1.00. The van der Waals surface area contributed by atoms with E-state index in [2.05, 4.69) is 75.0 Å². The number of ether oxygens (including phenoxy) is 2. The molecule has 5 aromatic carbocycles.